The van der Waals surface area contributed by atoms with Crippen LogP contribution in [0.1, 0.15) is 16.2 Å². The van der Waals surface area contributed by atoms with Crippen molar-refractivity contribution < 1.29 is 4.79 Å². The summed E-state index contributed by atoms with van der Waals surface area (Å²) in [4.78, 5) is 20.2. The van der Waals surface area contributed by atoms with Gasteiger partial charge in [-0.15, -0.1) is 0 Å². The van der Waals surface area contributed by atoms with Gasteiger partial charge < -0.3 is 9.88 Å². The van der Waals surface area contributed by atoms with Gasteiger partial charge >= 0.3 is 0 Å². The van der Waals surface area contributed by atoms with Crippen LogP contribution in [0.5, 0.6) is 0 Å². The van der Waals surface area contributed by atoms with Gasteiger partial charge in [-0.1, -0.05) is 0 Å². The molecule has 0 atom stereocenters. The van der Waals surface area contributed by atoms with Crippen molar-refractivity contribution in [2.75, 3.05) is 5.32 Å². The van der Waals surface area contributed by atoms with Crippen LogP contribution in [0.4, 0.5) is 5.82 Å². The van der Waals surface area contributed by atoms with E-state index in [1.807, 2.05) is 24.6 Å². The average molecular weight is 374 g/mol. The second-order valence-corrected chi connectivity index (χ2v) is 5.27. The predicted molar refractivity (Wildman–Crippen MR) is 75.5 cm³/mol. The normalized spacial score (nSPS) is 10.4. The van der Waals surface area contributed by atoms with Crippen molar-refractivity contribution in [3.63, 3.8) is 0 Å². The first-order valence-corrected chi connectivity index (χ1v) is 6.69. The van der Waals surface area contributed by atoms with Crippen LogP contribution in [0.2, 0.25) is 0 Å². The highest BCUT2D eigenvalue weighted by Crippen LogP contribution is 2.20. The van der Waals surface area contributed by atoms with Crippen molar-refractivity contribution in [2.45, 2.75) is 6.92 Å². The van der Waals surface area contributed by atoms with Crippen molar-refractivity contribution >= 4 is 43.6 Å². The molecule has 0 saturated heterocycles. The molecule has 0 aromatic carbocycles. The lowest BCUT2D eigenvalue weighted by atomic mass is 10.4. The molecule has 2 heterocycles. The summed E-state index contributed by atoms with van der Waals surface area (Å²) in [5, 5.41) is 2.71. The zero-order valence-electron chi connectivity index (χ0n) is 9.74. The number of aromatic nitrogens is 3. The summed E-state index contributed by atoms with van der Waals surface area (Å²) >= 11 is 6.45. The van der Waals surface area contributed by atoms with Gasteiger partial charge in [0.15, 0.2) is 5.82 Å². The van der Waals surface area contributed by atoms with Crippen molar-refractivity contribution in [1.82, 2.24) is 14.5 Å². The van der Waals surface area contributed by atoms with Crippen LogP contribution in [0, 0.1) is 6.92 Å². The Morgan fingerprint density at radius 1 is 1.39 bits per heavy atom. The van der Waals surface area contributed by atoms with Gasteiger partial charge in [0.05, 0.1) is 6.20 Å². The number of hydrogen-bond acceptors (Lipinski definition) is 3. The van der Waals surface area contributed by atoms with E-state index in [0.717, 1.165) is 5.69 Å². The summed E-state index contributed by atoms with van der Waals surface area (Å²) in [6, 6.07) is 3.65. The maximum absolute atomic E-state index is 12.1. The molecule has 7 heteroatoms. The number of hydrogen-bond donors (Lipinski definition) is 1. The van der Waals surface area contributed by atoms with Gasteiger partial charge in [-0.2, -0.15) is 0 Å². The molecule has 0 bridgehead atoms. The van der Waals surface area contributed by atoms with E-state index in [9.17, 15) is 4.79 Å². The second kappa shape index (κ2) is 5.19. The molecule has 0 saturated carbocycles. The van der Waals surface area contributed by atoms with Gasteiger partial charge in [0.25, 0.3) is 5.91 Å². The number of halogens is 2. The number of nitrogens with zero attached hydrogens (tertiary/aromatic N) is 3. The molecule has 2 aromatic rings. The summed E-state index contributed by atoms with van der Waals surface area (Å²) in [5.74, 6) is 0.171. The number of carbonyl (C=O) groups is 1. The van der Waals surface area contributed by atoms with Crippen molar-refractivity contribution in [3.05, 3.63) is 38.9 Å². The van der Waals surface area contributed by atoms with Crippen LogP contribution in [0.3, 0.4) is 0 Å². The van der Waals surface area contributed by atoms with E-state index in [1.54, 1.807) is 6.07 Å². The van der Waals surface area contributed by atoms with Crippen LogP contribution in [-0.2, 0) is 7.05 Å². The number of carbonyl (C=O) groups excluding carboxylic acids is 1. The van der Waals surface area contributed by atoms with E-state index in [4.69, 9.17) is 0 Å². The van der Waals surface area contributed by atoms with Gasteiger partial charge in [0.1, 0.15) is 14.9 Å². The molecule has 0 aliphatic rings. The minimum Gasteiger partial charge on any atom is -0.344 e. The number of rotatable bonds is 2. The first kappa shape index (κ1) is 13.2. The fraction of sp³-hybridized carbons (Fsp3) is 0.182. The van der Waals surface area contributed by atoms with Crippen LogP contribution < -0.4 is 5.32 Å². The first-order valence-electron chi connectivity index (χ1n) is 5.10. The third-order valence-corrected chi connectivity index (χ3v) is 3.47. The Morgan fingerprint density at radius 3 is 2.67 bits per heavy atom. The zero-order valence-corrected chi connectivity index (χ0v) is 12.9. The van der Waals surface area contributed by atoms with E-state index in [0.29, 0.717) is 20.7 Å². The van der Waals surface area contributed by atoms with E-state index in [2.05, 4.69) is 47.1 Å². The van der Waals surface area contributed by atoms with Gasteiger partial charge in [-0.05, 0) is 50.9 Å². The molecule has 2 aromatic heterocycles. The van der Waals surface area contributed by atoms with Crippen LogP contribution in [0.15, 0.2) is 27.5 Å². The topological polar surface area (TPSA) is 59.8 Å². The highest BCUT2D eigenvalue weighted by atomic mass is 79.9. The molecule has 0 fully saturated rings. The smallest absolute Gasteiger partial charge is 0.273 e. The van der Waals surface area contributed by atoms with Gasteiger partial charge in [0, 0.05) is 12.7 Å². The molecule has 0 aliphatic carbocycles. The summed E-state index contributed by atoms with van der Waals surface area (Å²) in [6.07, 6.45) is 1.52. The fourth-order valence-corrected chi connectivity index (χ4v) is 2.35. The zero-order chi connectivity index (χ0) is 13.3. The van der Waals surface area contributed by atoms with E-state index < -0.39 is 0 Å². The molecule has 0 unspecified atom stereocenters. The van der Waals surface area contributed by atoms with E-state index in [1.165, 1.54) is 6.20 Å². The molecule has 2 rings (SSSR count). The third-order valence-electron chi connectivity index (χ3n) is 2.54. The molecule has 0 aliphatic heterocycles. The number of nitrogens with one attached hydrogen (secondary N) is 1. The first-order chi connectivity index (χ1) is 8.49. The van der Waals surface area contributed by atoms with Crippen molar-refractivity contribution in [2.24, 2.45) is 7.05 Å². The molecule has 0 spiro atoms. The second-order valence-electron chi connectivity index (χ2n) is 3.71. The Bertz CT molecular complexity index is 609. The summed E-state index contributed by atoms with van der Waals surface area (Å²) in [7, 11) is 1.84. The minimum atomic E-state index is -0.220. The maximum atomic E-state index is 12.1. The molecule has 94 valence electrons. The fourth-order valence-electron chi connectivity index (χ4n) is 1.44. The number of anilines is 1. The lowest BCUT2D eigenvalue weighted by molar-refractivity contribution is 0.101. The molecule has 0 radical (unpaired) electrons. The molecular formula is C11H10Br2N4O. The molecular weight excluding hydrogens is 364 g/mol. The molecule has 5 nitrogen and oxygen atoms in total. The van der Waals surface area contributed by atoms with Gasteiger partial charge in [-0.25, -0.2) is 9.97 Å². The lowest BCUT2D eigenvalue weighted by Gasteiger charge is -2.07. The molecule has 1 N–H and O–H groups in total. The Kier molecular flexibility index (Phi) is 3.82. The predicted octanol–water partition coefficient (Wildman–Crippen LogP) is 2.90. The molecule has 18 heavy (non-hydrogen) atoms. The van der Waals surface area contributed by atoms with Crippen molar-refractivity contribution in [3.8, 4) is 0 Å². The van der Waals surface area contributed by atoms with Gasteiger partial charge in [0.2, 0.25) is 0 Å². The van der Waals surface area contributed by atoms with Crippen molar-refractivity contribution in [1.29, 1.82) is 0 Å². The third kappa shape index (κ3) is 2.62. The van der Waals surface area contributed by atoms with Gasteiger partial charge in [-0.3, -0.25) is 4.79 Å². The molecule has 1 amide bonds. The summed E-state index contributed by atoms with van der Waals surface area (Å²) < 4.78 is 2.90. The summed E-state index contributed by atoms with van der Waals surface area (Å²) in [6.45, 7) is 1.94. The SMILES string of the molecule is Cc1ccc(C(=O)Nc2ncc(Br)nc2Br)n1C. The quantitative estimate of drug-likeness (QED) is 0.880. The lowest BCUT2D eigenvalue weighted by Crippen LogP contribution is -2.17. The monoisotopic (exact) mass is 372 g/mol. The largest absolute Gasteiger partial charge is 0.344 e. The van der Waals surface area contributed by atoms with Crippen LogP contribution >= 0.6 is 31.9 Å². The Hall–Kier alpha value is -1.21. The van der Waals surface area contributed by atoms with E-state index in [-0.39, 0.29) is 5.91 Å². The number of aryl methyl sites for hydroxylation is 1. The van der Waals surface area contributed by atoms with E-state index >= 15 is 0 Å². The number of amides is 1. The summed E-state index contributed by atoms with van der Waals surface area (Å²) in [5.41, 5.74) is 1.59. The van der Waals surface area contributed by atoms with Crippen LogP contribution in [-0.4, -0.2) is 20.4 Å². The standard InChI is InChI=1S/C11H10Br2N4O/c1-6-3-4-7(17(6)2)11(18)16-10-9(13)15-8(12)5-14-10/h3-5H,1-2H3,(H,14,16,18). The highest BCUT2D eigenvalue weighted by molar-refractivity contribution is 9.11. The average Bonchev–Trinajstić information content (AvgIpc) is 2.64. The Morgan fingerprint density at radius 2 is 2.11 bits per heavy atom. The van der Waals surface area contributed by atoms with Crippen LogP contribution in [0.25, 0.3) is 0 Å². The Labute approximate surface area is 121 Å². The minimum absolute atomic E-state index is 0.220. The highest BCUT2D eigenvalue weighted by Gasteiger charge is 2.13. The maximum Gasteiger partial charge on any atom is 0.273 e. The Balaban J connectivity index is 2.24.